The van der Waals surface area contributed by atoms with Gasteiger partial charge in [-0.25, -0.2) is 13.4 Å². The molecule has 6 nitrogen and oxygen atoms in total. The van der Waals surface area contributed by atoms with E-state index >= 15 is 0 Å². The van der Waals surface area contributed by atoms with Crippen LogP contribution in [0.4, 0.5) is 19.0 Å². The lowest BCUT2D eigenvalue weighted by Crippen LogP contribution is -2.41. The summed E-state index contributed by atoms with van der Waals surface area (Å²) in [6.45, 7) is 1.19. The van der Waals surface area contributed by atoms with Crippen LogP contribution in [0.5, 0.6) is 0 Å². The van der Waals surface area contributed by atoms with Gasteiger partial charge in [0.15, 0.2) is 0 Å². The molecule has 1 aliphatic rings. The van der Waals surface area contributed by atoms with E-state index in [1.54, 1.807) is 18.2 Å². The predicted octanol–water partition coefficient (Wildman–Crippen LogP) is 3.39. The first-order valence-electron chi connectivity index (χ1n) is 8.32. The molecule has 2 heterocycles. The van der Waals surface area contributed by atoms with Gasteiger partial charge in [-0.2, -0.15) is 17.5 Å². The number of morpholine rings is 1. The highest BCUT2D eigenvalue weighted by Crippen LogP contribution is 2.32. The molecule has 1 N–H and O–H groups in total. The molecule has 0 unspecified atom stereocenters. The van der Waals surface area contributed by atoms with Crippen molar-refractivity contribution in [3.05, 3.63) is 52.7 Å². The Morgan fingerprint density at radius 3 is 2.54 bits per heavy atom. The molecular formula is C17H17ClF3N3O3S. The second-order valence-electron chi connectivity index (χ2n) is 6.03. The van der Waals surface area contributed by atoms with E-state index in [4.69, 9.17) is 16.3 Å². The average Bonchev–Trinajstić information content (AvgIpc) is 2.67. The first-order valence-corrected chi connectivity index (χ1v) is 10.1. The van der Waals surface area contributed by atoms with Crippen LogP contribution in [0.1, 0.15) is 11.1 Å². The Labute approximate surface area is 165 Å². The van der Waals surface area contributed by atoms with Gasteiger partial charge in [0.25, 0.3) is 0 Å². The number of ether oxygens (including phenoxy) is 1. The van der Waals surface area contributed by atoms with E-state index in [1.807, 2.05) is 0 Å². The molecule has 1 saturated heterocycles. The summed E-state index contributed by atoms with van der Waals surface area (Å²) in [5, 5.41) is 2.60. The van der Waals surface area contributed by atoms with Gasteiger partial charge in [0.1, 0.15) is 5.82 Å². The summed E-state index contributed by atoms with van der Waals surface area (Å²) in [6.07, 6.45) is -3.88. The van der Waals surface area contributed by atoms with Crippen LogP contribution >= 0.6 is 11.6 Å². The van der Waals surface area contributed by atoms with Gasteiger partial charge in [-0.1, -0.05) is 29.8 Å². The van der Waals surface area contributed by atoms with Gasteiger partial charge in [0, 0.05) is 25.8 Å². The Morgan fingerprint density at radius 2 is 1.89 bits per heavy atom. The third-order valence-electron chi connectivity index (χ3n) is 4.18. The molecule has 152 valence electrons. The fourth-order valence-corrected chi connectivity index (χ4v) is 4.59. The zero-order chi connectivity index (χ0) is 20.4. The van der Waals surface area contributed by atoms with Crippen LogP contribution < -0.4 is 5.32 Å². The molecule has 28 heavy (non-hydrogen) atoms. The second kappa shape index (κ2) is 8.24. The SMILES string of the molecule is O=S(=O)(c1ccccc1CNc1ncc(C(F)(F)F)cc1Cl)N1CCOCC1. The molecule has 0 spiro atoms. The zero-order valence-corrected chi connectivity index (χ0v) is 16.1. The number of nitrogens with zero attached hydrogens (tertiary/aromatic N) is 2. The molecule has 0 bridgehead atoms. The molecule has 1 fully saturated rings. The number of pyridine rings is 1. The summed E-state index contributed by atoms with van der Waals surface area (Å²) >= 11 is 5.89. The molecule has 2 aromatic rings. The van der Waals surface area contributed by atoms with Crippen molar-refractivity contribution in [2.45, 2.75) is 17.6 Å². The number of nitrogens with one attached hydrogen (secondary N) is 1. The Morgan fingerprint density at radius 1 is 1.21 bits per heavy atom. The van der Waals surface area contributed by atoms with Gasteiger partial charge in [-0.05, 0) is 17.7 Å². The summed E-state index contributed by atoms with van der Waals surface area (Å²) in [6, 6.07) is 7.17. The van der Waals surface area contributed by atoms with Gasteiger partial charge >= 0.3 is 6.18 Å². The maximum absolute atomic E-state index is 12.9. The lowest BCUT2D eigenvalue weighted by molar-refractivity contribution is -0.137. The predicted molar refractivity (Wildman–Crippen MR) is 97.6 cm³/mol. The Balaban J connectivity index is 1.81. The van der Waals surface area contributed by atoms with Crippen molar-refractivity contribution in [3.63, 3.8) is 0 Å². The smallest absolute Gasteiger partial charge is 0.379 e. The lowest BCUT2D eigenvalue weighted by Gasteiger charge is -2.27. The Kier molecular flexibility index (Phi) is 6.13. The van der Waals surface area contributed by atoms with E-state index in [2.05, 4.69) is 10.3 Å². The van der Waals surface area contributed by atoms with Gasteiger partial charge in [0.05, 0.1) is 28.7 Å². The van der Waals surface area contributed by atoms with Crippen LogP contribution in [0.2, 0.25) is 5.02 Å². The van der Waals surface area contributed by atoms with E-state index in [-0.39, 0.29) is 35.4 Å². The monoisotopic (exact) mass is 435 g/mol. The van der Waals surface area contributed by atoms with Crippen LogP contribution in [0, 0.1) is 0 Å². The van der Waals surface area contributed by atoms with Crippen molar-refractivity contribution < 1.29 is 26.3 Å². The van der Waals surface area contributed by atoms with Crippen LogP contribution in [0.15, 0.2) is 41.4 Å². The third kappa shape index (κ3) is 4.57. The van der Waals surface area contributed by atoms with Crippen molar-refractivity contribution in [1.29, 1.82) is 0 Å². The van der Waals surface area contributed by atoms with Gasteiger partial charge in [0.2, 0.25) is 10.0 Å². The molecule has 1 aliphatic heterocycles. The minimum Gasteiger partial charge on any atom is -0.379 e. The van der Waals surface area contributed by atoms with Crippen LogP contribution in [-0.2, 0) is 27.5 Å². The topological polar surface area (TPSA) is 71.5 Å². The molecule has 0 atom stereocenters. The molecule has 0 aliphatic carbocycles. The lowest BCUT2D eigenvalue weighted by atomic mass is 10.2. The highest BCUT2D eigenvalue weighted by atomic mass is 35.5. The van der Waals surface area contributed by atoms with Gasteiger partial charge < -0.3 is 10.1 Å². The normalized spacial score (nSPS) is 16.1. The molecule has 0 amide bonds. The van der Waals surface area contributed by atoms with E-state index in [9.17, 15) is 21.6 Å². The maximum atomic E-state index is 12.9. The number of alkyl halides is 3. The molecule has 0 radical (unpaired) electrons. The van der Waals surface area contributed by atoms with E-state index in [1.165, 1.54) is 10.4 Å². The van der Waals surface area contributed by atoms with E-state index in [0.29, 0.717) is 25.0 Å². The summed E-state index contributed by atoms with van der Waals surface area (Å²) in [5.41, 5.74) is -0.509. The van der Waals surface area contributed by atoms with Crippen molar-refractivity contribution in [1.82, 2.24) is 9.29 Å². The summed E-state index contributed by atoms with van der Waals surface area (Å²) in [4.78, 5) is 3.82. The number of hydrogen-bond donors (Lipinski definition) is 1. The van der Waals surface area contributed by atoms with Crippen molar-refractivity contribution in [2.24, 2.45) is 0 Å². The fraction of sp³-hybridized carbons (Fsp3) is 0.353. The van der Waals surface area contributed by atoms with Crippen LogP contribution in [0.25, 0.3) is 0 Å². The molecule has 0 saturated carbocycles. The Bertz CT molecular complexity index is 948. The fourth-order valence-electron chi connectivity index (χ4n) is 2.73. The van der Waals surface area contributed by atoms with E-state index < -0.39 is 21.8 Å². The minimum absolute atomic E-state index is 0.0256. The number of benzene rings is 1. The standard InChI is InChI=1S/C17H17ClF3N3O3S/c18-14-9-13(17(19,20)21)11-23-16(14)22-10-12-3-1-2-4-15(12)28(25,26)24-5-7-27-8-6-24/h1-4,9,11H,5-8,10H2,(H,22,23). The number of halogens is 4. The largest absolute Gasteiger partial charge is 0.417 e. The van der Waals surface area contributed by atoms with Crippen molar-refractivity contribution >= 4 is 27.4 Å². The number of rotatable bonds is 5. The molecule has 1 aromatic carbocycles. The highest BCUT2D eigenvalue weighted by molar-refractivity contribution is 7.89. The molecular weight excluding hydrogens is 419 g/mol. The third-order valence-corrected chi connectivity index (χ3v) is 6.46. The number of anilines is 1. The second-order valence-corrected chi connectivity index (χ2v) is 8.34. The quantitative estimate of drug-likeness (QED) is 0.779. The first-order chi connectivity index (χ1) is 13.2. The number of sulfonamides is 1. The minimum atomic E-state index is -4.55. The molecule has 11 heteroatoms. The molecule has 3 rings (SSSR count). The summed E-state index contributed by atoms with van der Waals surface area (Å²) in [7, 11) is -3.72. The van der Waals surface area contributed by atoms with E-state index in [0.717, 1.165) is 6.07 Å². The molecule has 1 aromatic heterocycles. The zero-order valence-electron chi connectivity index (χ0n) is 14.5. The highest BCUT2D eigenvalue weighted by Gasteiger charge is 2.32. The van der Waals surface area contributed by atoms with Crippen LogP contribution in [0.3, 0.4) is 0 Å². The maximum Gasteiger partial charge on any atom is 0.417 e. The van der Waals surface area contributed by atoms with Gasteiger partial charge in [-0.15, -0.1) is 0 Å². The Hall–Kier alpha value is -1.88. The summed E-state index contributed by atoms with van der Waals surface area (Å²) in [5.74, 6) is 0.0354. The average molecular weight is 436 g/mol. The van der Waals surface area contributed by atoms with Crippen molar-refractivity contribution in [2.75, 3.05) is 31.6 Å². The first kappa shape index (κ1) is 20.8. The van der Waals surface area contributed by atoms with Crippen molar-refractivity contribution in [3.8, 4) is 0 Å². The number of hydrogen-bond acceptors (Lipinski definition) is 5. The van der Waals surface area contributed by atoms with Gasteiger partial charge in [-0.3, -0.25) is 0 Å². The van der Waals surface area contributed by atoms with Crippen LogP contribution in [-0.4, -0.2) is 44.0 Å². The summed E-state index contributed by atoms with van der Waals surface area (Å²) < 4.78 is 70.5. The number of aromatic nitrogens is 1.